The molecule has 4 aliphatic rings. The first-order valence-electron chi connectivity index (χ1n) is 8.23. The van der Waals surface area contributed by atoms with E-state index in [0.717, 1.165) is 36.5 Å². The van der Waals surface area contributed by atoms with Gasteiger partial charge < -0.3 is 5.32 Å². The van der Waals surface area contributed by atoms with Crippen molar-refractivity contribution in [2.75, 3.05) is 13.6 Å². The summed E-state index contributed by atoms with van der Waals surface area (Å²) in [6, 6.07) is 0. The second kappa shape index (κ2) is 4.55. The highest BCUT2D eigenvalue weighted by molar-refractivity contribution is 5.18. The highest BCUT2D eigenvalue weighted by Gasteiger charge is 2.53. The number of likely N-dealkylation sites (N-methyl/N-ethyl adjacent to an activating group) is 1. The van der Waals surface area contributed by atoms with Crippen LogP contribution in [0, 0.1) is 17.8 Å². The lowest BCUT2D eigenvalue weighted by atomic mass is 9.49. The van der Waals surface area contributed by atoms with Gasteiger partial charge in [-0.15, -0.1) is 0 Å². The summed E-state index contributed by atoms with van der Waals surface area (Å²) in [5, 5.41) is 7.86. The van der Waals surface area contributed by atoms with Crippen LogP contribution in [-0.4, -0.2) is 28.4 Å². The predicted octanol–water partition coefficient (Wildman–Crippen LogP) is 2.04. The number of aryl methyl sites for hydroxylation is 1. The number of hydrogen-bond acceptors (Lipinski definition) is 3. The fourth-order valence-corrected chi connectivity index (χ4v) is 5.63. The summed E-state index contributed by atoms with van der Waals surface area (Å²) in [5.74, 6) is 5.23. The van der Waals surface area contributed by atoms with Gasteiger partial charge in [-0.1, -0.05) is 0 Å². The normalized spacial score (nSPS) is 38.6. The molecular formula is C16H26N4. The van der Waals surface area contributed by atoms with Crippen LogP contribution in [0.2, 0.25) is 0 Å². The maximum atomic E-state index is 4.95. The molecule has 0 unspecified atom stereocenters. The van der Waals surface area contributed by atoms with Crippen LogP contribution in [-0.2, 0) is 18.9 Å². The zero-order chi connectivity index (χ0) is 13.7. The molecular weight excluding hydrogens is 248 g/mol. The van der Waals surface area contributed by atoms with Crippen LogP contribution in [0.25, 0.3) is 0 Å². The lowest BCUT2D eigenvalue weighted by molar-refractivity contribution is -0.0110. The second-order valence-electron chi connectivity index (χ2n) is 7.53. The first kappa shape index (κ1) is 12.8. The van der Waals surface area contributed by atoms with Crippen molar-refractivity contribution in [2.24, 2.45) is 24.8 Å². The van der Waals surface area contributed by atoms with E-state index in [9.17, 15) is 0 Å². The Morgan fingerprint density at radius 2 is 1.75 bits per heavy atom. The van der Waals surface area contributed by atoms with E-state index >= 15 is 0 Å². The molecule has 4 heteroatoms. The minimum absolute atomic E-state index is 0.369. The van der Waals surface area contributed by atoms with Gasteiger partial charge in [0.2, 0.25) is 0 Å². The van der Waals surface area contributed by atoms with E-state index in [-0.39, 0.29) is 0 Å². The Kier molecular flexibility index (Phi) is 2.92. The first-order chi connectivity index (χ1) is 9.68. The number of aromatic nitrogens is 3. The quantitative estimate of drug-likeness (QED) is 0.913. The van der Waals surface area contributed by atoms with Gasteiger partial charge in [-0.05, 0) is 63.3 Å². The zero-order valence-electron chi connectivity index (χ0n) is 12.7. The van der Waals surface area contributed by atoms with Crippen LogP contribution in [0.5, 0.6) is 0 Å². The third kappa shape index (κ3) is 1.92. The second-order valence-corrected chi connectivity index (χ2v) is 7.53. The van der Waals surface area contributed by atoms with Crippen molar-refractivity contribution in [3.8, 4) is 0 Å². The van der Waals surface area contributed by atoms with Crippen molar-refractivity contribution in [3.05, 3.63) is 11.6 Å². The average Bonchev–Trinajstić information content (AvgIpc) is 2.77. The van der Waals surface area contributed by atoms with Crippen molar-refractivity contribution < 1.29 is 0 Å². The number of rotatable bonds is 4. The molecule has 1 aromatic rings. The molecule has 20 heavy (non-hydrogen) atoms. The van der Waals surface area contributed by atoms with Gasteiger partial charge in [0.25, 0.3) is 0 Å². The van der Waals surface area contributed by atoms with Gasteiger partial charge in [0.05, 0.1) is 0 Å². The average molecular weight is 274 g/mol. The Hall–Kier alpha value is -0.900. The molecule has 1 aromatic heterocycles. The molecule has 0 saturated heterocycles. The molecule has 0 aliphatic heterocycles. The summed E-state index contributed by atoms with van der Waals surface area (Å²) < 4.78 is 2.10. The Morgan fingerprint density at radius 3 is 2.30 bits per heavy atom. The molecule has 1 N–H and O–H groups in total. The van der Waals surface area contributed by atoms with Gasteiger partial charge in [-0.2, -0.15) is 5.10 Å². The number of hydrogen-bond donors (Lipinski definition) is 1. The van der Waals surface area contributed by atoms with E-state index in [1.807, 2.05) is 7.05 Å². The standard InChI is InChI=1S/C16H26N4/c1-17-4-3-14-18-15(20(2)19-14)16-8-11-5-12(9-16)7-13(6-11)10-16/h11-13,17H,3-10H2,1-2H3. The van der Waals surface area contributed by atoms with Crippen molar-refractivity contribution in [3.63, 3.8) is 0 Å². The highest BCUT2D eigenvalue weighted by atomic mass is 15.3. The number of nitrogens with one attached hydrogen (secondary N) is 1. The smallest absolute Gasteiger partial charge is 0.152 e. The largest absolute Gasteiger partial charge is 0.319 e. The molecule has 0 amide bonds. The van der Waals surface area contributed by atoms with Crippen LogP contribution in [0.1, 0.15) is 50.2 Å². The molecule has 110 valence electrons. The Labute approximate surface area is 121 Å². The zero-order valence-corrected chi connectivity index (χ0v) is 12.7. The predicted molar refractivity (Wildman–Crippen MR) is 78.5 cm³/mol. The van der Waals surface area contributed by atoms with E-state index in [2.05, 4.69) is 22.1 Å². The van der Waals surface area contributed by atoms with Crippen LogP contribution < -0.4 is 5.32 Å². The molecule has 0 atom stereocenters. The van der Waals surface area contributed by atoms with E-state index in [1.54, 1.807) is 0 Å². The summed E-state index contributed by atoms with van der Waals surface area (Å²) in [6.07, 6.45) is 9.53. The molecule has 4 nitrogen and oxygen atoms in total. The summed E-state index contributed by atoms with van der Waals surface area (Å²) in [5.41, 5.74) is 0.369. The van der Waals surface area contributed by atoms with E-state index < -0.39 is 0 Å². The monoisotopic (exact) mass is 274 g/mol. The minimum Gasteiger partial charge on any atom is -0.319 e. The molecule has 0 aromatic carbocycles. The molecule has 4 fully saturated rings. The van der Waals surface area contributed by atoms with Crippen LogP contribution in [0.15, 0.2) is 0 Å². The molecule has 4 bridgehead atoms. The van der Waals surface area contributed by atoms with Crippen molar-refractivity contribution in [2.45, 2.75) is 50.4 Å². The fourth-order valence-electron chi connectivity index (χ4n) is 5.63. The maximum Gasteiger partial charge on any atom is 0.152 e. The summed E-state index contributed by atoms with van der Waals surface area (Å²) in [7, 11) is 4.09. The fraction of sp³-hybridized carbons (Fsp3) is 0.875. The topological polar surface area (TPSA) is 42.7 Å². The van der Waals surface area contributed by atoms with Crippen molar-refractivity contribution >= 4 is 0 Å². The maximum absolute atomic E-state index is 4.95. The van der Waals surface area contributed by atoms with E-state index in [0.29, 0.717) is 5.41 Å². The molecule has 4 aliphatic carbocycles. The van der Waals surface area contributed by atoms with Gasteiger partial charge >= 0.3 is 0 Å². The van der Waals surface area contributed by atoms with E-state index in [1.165, 1.54) is 44.3 Å². The number of nitrogens with zero attached hydrogens (tertiary/aromatic N) is 3. The Morgan fingerprint density at radius 1 is 1.15 bits per heavy atom. The highest BCUT2D eigenvalue weighted by Crippen LogP contribution is 2.60. The summed E-state index contributed by atoms with van der Waals surface area (Å²) >= 11 is 0. The van der Waals surface area contributed by atoms with E-state index in [4.69, 9.17) is 4.98 Å². The van der Waals surface area contributed by atoms with Crippen molar-refractivity contribution in [1.82, 2.24) is 20.1 Å². The van der Waals surface area contributed by atoms with Gasteiger partial charge in [0.1, 0.15) is 5.82 Å². The molecule has 1 heterocycles. The molecule has 5 rings (SSSR count). The molecule has 4 saturated carbocycles. The van der Waals surface area contributed by atoms with Gasteiger partial charge in [-0.25, -0.2) is 4.98 Å². The van der Waals surface area contributed by atoms with Gasteiger partial charge in [0, 0.05) is 25.4 Å². The van der Waals surface area contributed by atoms with Gasteiger partial charge in [-0.3, -0.25) is 4.68 Å². The molecule has 0 radical (unpaired) electrons. The lowest BCUT2D eigenvalue weighted by Crippen LogP contribution is -2.49. The van der Waals surface area contributed by atoms with Crippen LogP contribution >= 0.6 is 0 Å². The van der Waals surface area contributed by atoms with Crippen molar-refractivity contribution in [1.29, 1.82) is 0 Å². The Bertz CT molecular complexity index is 469. The first-order valence-corrected chi connectivity index (χ1v) is 8.23. The minimum atomic E-state index is 0.369. The summed E-state index contributed by atoms with van der Waals surface area (Å²) in [6.45, 7) is 0.963. The third-order valence-electron chi connectivity index (χ3n) is 5.92. The third-order valence-corrected chi connectivity index (χ3v) is 5.92. The van der Waals surface area contributed by atoms with Gasteiger partial charge in [0.15, 0.2) is 5.82 Å². The van der Waals surface area contributed by atoms with Crippen LogP contribution in [0.4, 0.5) is 0 Å². The van der Waals surface area contributed by atoms with Crippen LogP contribution in [0.3, 0.4) is 0 Å². The SMILES string of the molecule is CNCCc1nc(C23CC4CC(CC(C4)C2)C3)n(C)n1. The molecule has 0 spiro atoms. The Balaban J connectivity index is 1.65. The summed E-state index contributed by atoms with van der Waals surface area (Å²) in [4.78, 5) is 4.95. The lowest BCUT2D eigenvalue weighted by Gasteiger charge is -2.56.